The smallest absolute Gasteiger partial charge is 0.331 e. The summed E-state index contributed by atoms with van der Waals surface area (Å²) in [7, 11) is 4.75. The number of amides is 2. The van der Waals surface area contributed by atoms with Crippen LogP contribution in [0.1, 0.15) is 12.5 Å². The van der Waals surface area contributed by atoms with Crippen LogP contribution in [0.15, 0.2) is 41.3 Å². The fraction of sp³-hybridized carbons (Fsp3) is 0.350. The van der Waals surface area contributed by atoms with Gasteiger partial charge in [-0.15, -0.1) is 11.8 Å². The summed E-state index contributed by atoms with van der Waals surface area (Å²) in [6, 6.07) is 11.4. The minimum atomic E-state index is -0.154. The van der Waals surface area contributed by atoms with Crippen LogP contribution in [0.5, 0.6) is 17.2 Å². The Morgan fingerprint density at radius 1 is 1.07 bits per heavy atom. The highest BCUT2D eigenvalue weighted by Gasteiger charge is 2.16. The maximum atomic E-state index is 12.6. The quantitative estimate of drug-likeness (QED) is 0.446. The number of hydrogen-bond acceptors (Lipinski definition) is 6. The molecule has 2 aromatic carbocycles. The van der Waals surface area contributed by atoms with Crippen molar-refractivity contribution in [1.29, 1.82) is 0 Å². The Morgan fingerprint density at radius 3 is 2.29 bits per heavy atom. The van der Waals surface area contributed by atoms with Gasteiger partial charge >= 0.3 is 6.03 Å². The minimum absolute atomic E-state index is 0.154. The number of nitrogens with one attached hydrogen (secondary N) is 1. The number of carbonyl (C=O) groups is 1. The highest BCUT2D eigenvalue weighted by atomic mass is 32.2. The topological polar surface area (TPSA) is 60.0 Å². The van der Waals surface area contributed by atoms with Crippen LogP contribution in [0.25, 0.3) is 0 Å². The van der Waals surface area contributed by atoms with Crippen molar-refractivity contribution >= 4 is 35.4 Å². The van der Waals surface area contributed by atoms with Crippen LogP contribution < -0.4 is 19.5 Å². The third kappa shape index (κ3) is 5.65. The number of anilines is 1. The predicted octanol–water partition coefficient (Wildman–Crippen LogP) is 5.14. The average Bonchev–Trinajstić information content (AvgIpc) is 2.73. The standard InChI is InChI=1S/C20H26N2O4S2/c1-6-22(20(23)21-15-8-7-9-16(12-15)27-5)28-13-14-10-17(24-2)19(26-4)18(11-14)25-3/h7-12H,6,13H2,1-5H3,(H,21,23). The van der Waals surface area contributed by atoms with E-state index in [1.54, 1.807) is 37.4 Å². The Labute approximate surface area is 175 Å². The van der Waals surface area contributed by atoms with Gasteiger partial charge in [0, 0.05) is 22.9 Å². The summed E-state index contributed by atoms with van der Waals surface area (Å²) in [4.78, 5) is 13.7. The number of ether oxygens (including phenoxy) is 3. The van der Waals surface area contributed by atoms with Gasteiger partial charge in [0.1, 0.15) is 0 Å². The summed E-state index contributed by atoms with van der Waals surface area (Å²) < 4.78 is 17.8. The molecule has 2 aromatic rings. The van der Waals surface area contributed by atoms with Gasteiger partial charge < -0.3 is 19.5 Å². The molecule has 0 aromatic heterocycles. The lowest BCUT2D eigenvalue weighted by Crippen LogP contribution is -2.29. The van der Waals surface area contributed by atoms with Crippen molar-refractivity contribution in [2.45, 2.75) is 17.6 Å². The van der Waals surface area contributed by atoms with Gasteiger partial charge in [0.25, 0.3) is 0 Å². The number of rotatable bonds is 9. The third-order valence-corrected chi connectivity index (χ3v) is 5.87. The van der Waals surface area contributed by atoms with Gasteiger partial charge in [0.05, 0.1) is 21.3 Å². The second-order valence-corrected chi connectivity index (χ2v) is 7.53. The molecule has 8 heteroatoms. The zero-order valence-corrected chi connectivity index (χ0v) is 18.4. The number of benzene rings is 2. The second kappa shape index (κ2) is 11.0. The van der Waals surface area contributed by atoms with E-state index in [9.17, 15) is 4.79 Å². The van der Waals surface area contributed by atoms with Gasteiger partial charge in [-0.3, -0.25) is 4.31 Å². The van der Waals surface area contributed by atoms with E-state index in [4.69, 9.17) is 14.2 Å². The van der Waals surface area contributed by atoms with Gasteiger partial charge in [-0.05, 0) is 61.0 Å². The molecule has 0 heterocycles. The number of methoxy groups -OCH3 is 3. The lowest BCUT2D eigenvalue weighted by molar-refractivity contribution is 0.239. The first-order valence-corrected chi connectivity index (χ1v) is 10.9. The molecule has 0 saturated heterocycles. The highest BCUT2D eigenvalue weighted by molar-refractivity contribution is 7.98. The van der Waals surface area contributed by atoms with E-state index in [-0.39, 0.29) is 6.03 Å². The molecule has 1 N–H and O–H groups in total. The fourth-order valence-corrected chi connectivity index (χ4v) is 3.83. The van der Waals surface area contributed by atoms with Crippen molar-refractivity contribution in [3.05, 3.63) is 42.0 Å². The monoisotopic (exact) mass is 422 g/mol. The molecule has 2 rings (SSSR count). The van der Waals surface area contributed by atoms with E-state index in [0.717, 1.165) is 16.1 Å². The van der Waals surface area contributed by atoms with Gasteiger partial charge in [-0.2, -0.15) is 0 Å². The molecule has 6 nitrogen and oxygen atoms in total. The van der Waals surface area contributed by atoms with Crippen LogP contribution in [0.4, 0.5) is 10.5 Å². The van der Waals surface area contributed by atoms with Crippen LogP contribution in [-0.4, -0.2) is 44.5 Å². The van der Waals surface area contributed by atoms with Gasteiger partial charge in [0.15, 0.2) is 11.5 Å². The predicted molar refractivity (Wildman–Crippen MR) is 117 cm³/mol. The summed E-state index contributed by atoms with van der Waals surface area (Å²) in [5.74, 6) is 2.33. The number of urea groups is 1. The maximum Gasteiger partial charge on any atom is 0.331 e. The molecular formula is C20H26N2O4S2. The highest BCUT2D eigenvalue weighted by Crippen LogP contribution is 2.39. The van der Waals surface area contributed by atoms with Gasteiger partial charge in [0.2, 0.25) is 5.75 Å². The first kappa shape index (κ1) is 22.1. The number of hydrogen-bond donors (Lipinski definition) is 1. The Bertz CT molecular complexity index is 777. The van der Waals surface area contributed by atoms with E-state index in [1.807, 2.05) is 49.6 Å². The first-order valence-electron chi connectivity index (χ1n) is 8.70. The number of thioether (sulfide) groups is 1. The Kier molecular flexibility index (Phi) is 8.66. The summed E-state index contributed by atoms with van der Waals surface area (Å²) in [6.45, 7) is 2.52. The summed E-state index contributed by atoms with van der Waals surface area (Å²) in [5, 5.41) is 2.95. The molecule has 0 atom stereocenters. The summed E-state index contributed by atoms with van der Waals surface area (Å²) in [6.07, 6.45) is 2.01. The molecule has 152 valence electrons. The van der Waals surface area contributed by atoms with E-state index >= 15 is 0 Å². The van der Waals surface area contributed by atoms with E-state index in [1.165, 1.54) is 11.9 Å². The molecule has 0 aliphatic carbocycles. The molecule has 0 spiro atoms. The zero-order chi connectivity index (χ0) is 20.5. The Morgan fingerprint density at radius 2 is 1.75 bits per heavy atom. The van der Waals surface area contributed by atoms with Crippen molar-refractivity contribution < 1.29 is 19.0 Å². The van der Waals surface area contributed by atoms with Crippen molar-refractivity contribution in [1.82, 2.24) is 4.31 Å². The molecule has 0 fully saturated rings. The SMILES string of the molecule is CCN(SCc1cc(OC)c(OC)c(OC)c1)C(=O)Nc1cccc(SC)c1. The van der Waals surface area contributed by atoms with Gasteiger partial charge in [-0.25, -0.2) is 4.79 Å². The Hall–Kier alpha value is -2.19. The normalized spacial score (nSPS) is 10.3. The molecule has 0 radical (unpaired) electrons. The summed E-state index contributed by atoms with van der Waals surface area (Å²) in [5.41, 5.74) is 1.75. The largest absolute Gasteiger partial charge is 0.493 e. The minimum Gasteiger partial charge on any atom is -0.493 e. The van der Waals surface area contributed by atoms with Crippen molar-refractivity contribution in [3.8, 4) is 17.2 Å². The van der Waals surface area contributed by atoms with Crippen molar-refractivity contribution in [3.63, 3.8) is 0 Å². The number of carbonyl (C=O) groups excluding carboxylic acids is 1. The zero-order valence-electron chi connectivity index (χ0n) is 16.8. The van der Waals surface area contributed by atoms with Crippen molar-refractivity contribution in [2.24, 2.45) is 0 Å². The average molecular weight is 423 g/mol. The Balaban J connectivity index is 2.07. The molecule has 0 bridgehead atoms. The summed E-state index contributed by atoms with van der Waals surface area (Å²) >= 11 is 3.07. The molecule has 0 aliphatic rings. The van der Waals surface area contributed by atoms with E-state index in [2.05, 4.69) is 5.32 Å². The first-order chi connectivity index (χ1) is 13.6. The molecule has 2 amide bonds. The maximum absolute atomic E-state index is 12.6. The van der Waals surface area contributed by atoms with Crippen molar-refractivity contribution in [2.75, 3.05) is 39.4 Å². The fourth-order valence-electron chi connectivity index (χ4n) is 2.55. The van der Waals surface area contributed by atoms with Crippen LogP contribution >= 0.6 is 23.7 Å². The van der Waals surface area contributed by atoms with Crippen LogP contribution in [0, 0.1) is 0 Å². The third-order valence-electron chi connectivity index (χ3n) is 3.95. The lowest BCUT2D eigenvalue weighted by Gasteiger charge is -2.21. The molecule has 0 aliphatic heterocycles. The molecule has 0 unspecified atom stereocenters. The molecule has 28 heavy (non-hydrogen) atoms. The van der Waals surface area contributed by atoms with Crippen LogP contribution in [0.3, 0.4) is 0 Å². The lowest BCUT2D eigenvalue weighted by atomic mass is 10.2. The van der Waals surface area contributed by atoms with Crippen LogP contribution in [0.2, 0.25) is 0 Å². The van der Waals surface area contributed by atoms with Gasteiger partial charge in [-0.1, -0.05) is 6.07 Å². The van der Waals surface area contributed by atoms with E-state index < -0.39 is 0 Å². The van der Waals surface area contributed by atoms with Crippen LogP contribution in [-0.2, 0) is 5.75 Å². The molecular weight excluding hydrogens is 396 g/mol. The number of nitrogens with zero attached hydrogens (tertiary/aromatic N) is 1. The molecule has 0 saturated carbocycles. The second-order valence-electron chi connectivity index (χ2n) is 5.66. The van der Waals surface area contributed by atoms with E-state index in [0.29, 0.717) is 29.5 Å².